The Kier molecular flexibility index (Phi) is 8.07. The van der Waals surface area contributed by atoms with Gasteiger partial charge in [-0.1, -0.05) is 18.2 Å². The van der Waals surface area contributed by atoms with Gasteiger partial charge in [-0.3, -0.25) is 14.8 Å². The molecule has 2 saturated heterocycles. The third-order valence-corrected chi connectivity index (χ3v) is 6.68. The molecule has 2 atom stereocenters. The summed E-state index contributed by atoms with van der Waals surface area (Å²) in [5.41, 5.74) is 1.23. The lowest BCUT2D eigenvalue weighted by molar-refractivity contribution is 0.215. The summed E-state index contributed by atoms with van der Waals surface area (Å²) in [5.74, 6) is 2.78. The van der Waals surface area contributed by atoms with Crippen LogP contribution in [0.5, 0.6) is 5.75 Å². The van der Waals surface area contributed by atoms with Crippen LogP contribution in [0.2, 0.25) is 0 Å². The maximum absolute atomic E-state index is 5.76. The van der Waals surface area contributed by atoms with Gasteiger partial charge in [0.05, 0.1) is 25.5 Å². The largest absolute Gasteiger partial charge is 0.496 e. The Morgan fingerprint density at radius 1 is 0.938 bits per heavy atom. The fourth-order valence-corrected chi connectivity index (χ4v) is 4.98. The van der Waals surface area contributed by atoms with Gasteiger partial charge in [-0.2, -0.15) is 0 Å². The standard InChI is InChI=1S/C25H37N5O2/c1-26-25(28-19-22(24-12-9-17-32-24)30-15-7-8-16-30)27-18-21(29-13-5-6-14-29)20-10-3-4-11-23(20)31-2/h3-4,9-12,17,21-22H,5-8,13-16,18-19H2,1-2H3,(H2,26,27,28). The number of likely N-dealkylation sites (tertiary alicyclic amines) is 2. The Bertz CT molecular complexity index is 842. The highest BCUT2D eigenvalue weighted by molar-refractivity contribution is 5.79. The van der Waals surface area contributed by atoms with Crippen molar-refractivity contribution in [3.63, 3.8) is 0 Å². The molecule has 2 N–H and O–H groups in total. The van der Waals surface area contributed by atoms with Crippen molar-refractivity contribution in [2.24, 2.45) is 4.99 Å². The SMILES string of the molecule is CN=C(NCC(c1ccco1)N1CCCC1)NCC(c1ccccc1OC)N1CCCC1. The lowest BCUT2D eigenvalue weighted by Crippen LogP contribution is -2.45. The minimum Gasteiger partial charge on any atom is -0.496 e. The molecular formula is C25H37N5O2. The predicted octanol–water partition coefficient (Wildman–Crippen LogP) is 3.43. The Morgan fingerprint density at radius 3 is 2.16 bits per heavy atom. The van der Waals surface area contributed by atoms with Crippen LogP contribution in [0.3, 0.4) is 0 Å². The average Bonchev–Trinajstić information content (AvgIpc) is 3.62. The van der Waals surface area contributed by atoms with Crippen LogP contribution >= 0.6 is 0 Å². The normalized spacial score (nSPS) is 19.8. The molecule has 0 radical (unpaired) electrons. The monoisotopic (exact) mass is 439 g/mol. The first-order valence-corrected chi connectivity index (χ1v) is 11.9. The third-order valence-electron chi connectivity index (χ3n) is 6.68. The van der Waals surface area contributed by atoms with Crippen LogP contribution in [0.25, 0.3) is 0 Å². The fourth-order valence-electron chi connectivity index (χ4n) is 4.98. The average molecular weight is 440 g/mol. The van der Waals surface area contributed by atoms with Gasteiger partial charge in [0.1, 0.15) is 11.5 Å². The molecule has 2 fully saturated rings. The number of nitrogens with zero attached hydrogens (tertiary/aromatic N) is 3. The van der Waals surface area contributed by atoms with Crippen LogP contribution in [-0.2, 0) is 0 Å². The smallest absolute Gasteiger partial charge is 0.191 e. The van der Waals surface area contributed by atoms with E-state index >= 15 is 0 Å². The summed E-state index contributed by atoms with van der Waals surface area (Å²) in [6, 6.07) is 12.9. The van der Waals surface area contributed by atoms with Crippen molar-refractivity contribution in [2.45, 2.75) is 37.8 Å². The van der Waals surface area contributed by atoms with E-state index in [1.54, 1.807) is 13.4 Å². The van der Waals surface area contributed by atoms with Crippen LogP contribution < -0.4 is 15.4 Å². The first kappa shape index (κ1) is 22.7. The molecule has 174 valence electrons. The predicted molar refractivity (Wildman–Crippen MR) is 128 cm³/mol. The van der Waals surface area contributed by atoms with Crippen LogP contribution in [0.4, 0.5) is 0 Å². The van der Waals surface area contributed by atoms with Crippen LogP contribution in [-0.4, -0.2) is 69.2 Å². The Labute approximate surface area is 191 Å². The maximum Gasteiger partial charge on any atom is 0.191 e. The molecule has 0 spiro atoms. The maximum atomic E-state index is 5.76. The molecule has 32 heavy (non-hydrogen) atoms. The molecule has 7 nitrogen and oxygen atoms in total. The molecule has 7 heteroatoms. The Hall–Kier alpha value is -2.51. The molecule has 0 aliphatic carbocycles. The zero-order valence-electron chi connectivity index (χ0n) is 19.4. The summed E-state index contributed by atoms with van der Waals surface area (Å²) < 4.78 is 11.4. The number of hydrogen-bond acceptors (Lipinski definition) is 5. The van der Waals surface area contributed by atoms with Crippen molar-refractivity contribution in [1.82, 2.24) is 20.4 Å². The molecule has 2 aliphatic heterocycles. The van der Waals surface area contributed by atoms with Gasteiger partial charge in [0.15, 0.2) is 5.96 Å². The number of guanidine groups is 1. The minimum atomic E-state index is 0.217. The van der Waals surface area contributed by atoms with Crippen molar-refractivity contribution in [1.29, 1.82) is 0 Å². The number of rotatable bonds is 9. The van der Waals surface area contributed by atoms with E-state index in [4.69, 9.17) is 9.15 Å². The van der Waals surface area contributed by atoms with Crippen molar-refractivity contribution in [3.8, 4) is 5.75 Å². The molecule has 1 aromatic carbocycles. The number of hydrogen-bond donors (Lipinski definition) is 2. The van der Waals surface area contributed by atoms with Crippen LogP contribution in [0, 0.1) is 0 Å². The molecule has 0 amide bonds. The second-order valence-corrected chi connectivity index (χ2v) is 8.61. The number of ether oxygens (including phenoxy) is 1. The van der Waals surface area contributed by atoms with E-state index in [0.717, 1.165) is 56.7 Å². The summed E-state index contributed by atoms with van der Waals surface area (Å²) in [6.07, 6.45) is 6.76. The molecule has 3 heterocycles. The molecule has 1 aromatic heterocycles. The van der Waals surface area contributed by atoms with Crippen molar-refractivity contribution in [3.05, 3.63) is 54.0 Å². The number of methoxy groups -OCH3 is 1. The van der Waals surface area contributed by atoms with E-state index in [-0.39, 0.29) is 12.1 Å². The topological polar surface area (TPSA) is 65.3 Å². The first-order chi connectivity index (χ1) is 15.8. The quantitative estimate of drug-likeness (QED) is 0.461. The molecule has 0 saturated carbocycles. The first-order valence-electron chi connectivity index (χ1n) is 11.9. The van der Waals surface area contributed by atoms with Crippen LogP contribution in [0.1, 0.15) is 49.1 Å². The molecule has 2 unspecified atom stereocenters. The van der Waals surface area contributed by atoms with E-state index in [0.29, 0.717) is 0 Å². The van der Waals surface area contributed by atoms with Crippen molar-refractivity contribution < 1.29 is 9.15 Å². The molecule has 0 bridgehead atoms. The van der Waals surface area contributed by atoms with Gasteiger partial charge in [-0.15, -0.1) is 0 Å². The van der Waals surface area contributed by atoms with Gasteiger partial charge in [0, 0.05) is 25.7 Å². The highest BCUT2D eigenvalue weighted by Gasteiger charge is 2.27. The Balaban J connectivity index is 1.41. The van der Waals surface area contributed by atoms with E-state index in [1.807, 2.05) is 19.2 Å². The van der Waals surface area contributed by atoms with Crippen molar-refractivity contribution >= 4 is 5.96 Å². The summed E-state index contributed by atoms with van der Waals surface area (Å²) in [6.45, 7) is 6.00. The molecule has 4 rings (SSSR count). The third kappa shape index (κ3) is 5.45. The summed E-state index contributed by atoms with van der Waals surface area (Å²) in [7, 11) is 3.59. The lowest BCUT2D eigenvalue weighted by atomic mass is 10.0. The second-order valence-electron chi connectivity index (χ2n) is 8.61. The summed E-state index contributed by atoms with van der Waals surface area (Å²) in [4.78, 5) is 9.55. The van der Waals surface area contributed by atoms with E-state index in [9.17, 15) is 0 Å². The van der Waals surface area contributed by atoms with Gasteiger partial charge < -0.3 is 19.8 Å². The van der Waals surface area contributed by atoms with E-state index < -0.39 is 0 Å². The number of benzene rings is 1. The highest BCUT2D eigenvalue weighted by atomic mass is 16.5. The fraction of sp³-hybridized carbons (Fsp3) is 0.560. The van der Waals surface area contributed by atoms with E-state index in [2.05, 4.69) is 49.7 Å². The van der Waals surface area contributed by atoms with Crippen molar-refractivity contribution in [2.75, 3.05) is 53.4 Å². The number of para-hydroxylation sites is 1. The summed E-state index contributed by atoms with van der Waals surface area (Å²) in [5, 5.41) is 7.13. The molecular weight excluding hydrogens is 402 g/mol. The zero-order chi connectivity index (χ0) is 22.2. The minimum absolute atomic E-state index is 0.217. The van der Waals surface area contributed by atoms with Gasteiger partial charge in [-0.05, 0) is 70.1 Å². The van der Waals surface area contributed by atoms with Crippen LogP contribution in [0.15, 0.2) is 52.1 Å². The number of nitrogens with one attached hydrogen (secondary N) is 2. The zero-order valence-corrected chi connectivity index (χ0v) is 19.4. The van der Waals surface area contributed by atoms with Gasteiger partial charge in [0.2, 0.25) is 0 Å². The molecule has 2 aromatic rings. The van der Waals surface area contributed by atoms with Gasteiger partial charge >= 0.3 is 0 Å². The molecule has 2 aliphatic rings. The Morgan fingerprint density at radius 2 is 1.56 bits per heavy atom. The number of furan rings is 1. The summed E-state index contributed by atoms with van der Waals surface area (Å²) >= 11 is 0. The van der Waals surface area contributed by atoms with Gasteiger partial charge in [-0.25, -0.2) is 0 Å². The second kappa shape index (κ2) is 11.4. The van der Waals surface area contributed by atoms with E-state index in [1.165, 1.54) is 31.2 Å². The highest BCUT2D eigenvalue weighted by Crippen LogP contribution is 2.31. The lowest BCUT2D eigenvalue weighted by Gasteiger charge is -2.30. The number of aliphatic imine (C=N–C) groups is 1. The van der Waals surface area contributed by atoms with Gasteiger partial charge in [0.25, 0.3) is 0 Å².